The van der Waals surface area contributed by atoms with Crippen LogP contribution in [-0.4, -0.2) is 53.2 Å². The van der Waals surface area contributed by atoms with Crippen molar-refractivity contribution >= 4 is 35.3 Å². The Balaban J connectivity index is 1.51. The highest BCUT2D eigenvalue weighted by atomic mass is 35.5. The van der Waals surface area contributed by atoms with Crippen molar-refractivity contribution in [2.24, 2.45) is 5.92 Å². The third-order valence-corrected chi connectivity index (χ3v) is 4.95. The highest BCUT2D eigenvalue weighted by molar-refractivity contribution is 6.31. The molecule has 3 rings (SSSR count). The van der Waals surface area contributed by atoms with Crippen molar-refractivity contribution in [3.8, 4) is 0 Å². The summed E-state index contributed by atoms with van der Waals surface area (Å²) < 4.78 is 5.03. The van der Waals surface area contributed by atoms with Gasteiger partial charge in [-0.2, -0.15) is 0 Å². The number of benzene rings is 1. The molecule has 7 nitrogen and oxygen atoms in total. The smallest absolute Gasteiger partial charge is 0.311 e. The van der Waals surface area contributed by atoms with Gasteiger partial charge in [0.05, 0.1) is 5.92 Å². The molecule has 0 N–H and O–H groups in total. The number of esters is 1. The second kappa shape index (κ2) is 7.86. The number of carbonyl (C=O) groups excluding carboxylic acids is 4. The molecular formula is C18H19ClN2O5. The minimum Gasteiger partial charge on any atom is -0.455 e. The average molecular weight is 379 g/mol. The summed E-state index contributed by atoms with van der Waals surface area (Å²) in [6.07, 6.45) is 1.01. The standard InChI is InChI=1S/C18H19ClN2O5/c19-14-5-2-1-4-12(14)9-20-10-13(8-16(20)23)18(25)26-11-17(24)21-7-3-6-15(21)22/h1-2,4-5,13H,3,6-11H2/t13-/m0/s1. The summed E-state index contributed by atoms with van der Waals surface area (Å²) in [6, 6.07) is 7.21. The Morgan fingerprint density at radius 2 is 1.96 bits per heavy atom. The number of carbonyl (C=O) groups is 4. The minimum absolute atomic E-state index is 0.0418. The average Bonchev–Trinajstić information content (AvgIpc) is 3.20. The zero-order valence-electron chi connectivity index (χ0n) is 14.2. The highest BCUT2D eigenvalue weighted by Gasteiger charge is 2.36. The van der Waals surface area contributed by atoms with Gasteiger partial charge in [0.15, 0.2) is 6.61 Å². The summed E-state index contributed by atoms with van der Waals surface area (Å²) in [5.74, 6) is -2.13. The van der Waals surface area contributed by atoms with Crippen LogP contribution in [0, 0.1) is 5.92 Å². The van der Waals surface area contributed by atoms with Crippen molar-refractivity contribution in [1.29, 1.82) is 0 Å². The van der Waals surface area contributed by atoms with Crippen molar-refractivity contribution in [3.63, 3.8) is 0 Å². The van der Waals surface area contributed by atoms with Gasteiger partial charge < -0.3 is 9.64 Å². The number of amides is 3. The number of halogens is 1. The Kier molecular flexibility index (Phi) is 5.56. The van der Waals surface area contributed by atoms with Crippen molar-refractivity contribution in [1.82, 2.24) is 9.80 Å². The predicted octanol–water partition coefficient (Wildman–Crippen LogP) is 1.38. The predicted molar refractivity (Wildman–Crippen MR) is 91.9 cm³/mol. The van der Waals surface area contributed by atoms with Crippen LogP contribution in [0.25, 0.3) is 0 Å². The molecule has 138 valence electrons. The Morgan fingerprint density at radius 1 is 1.19 bits per heavy atom. The van der Waals surface area contributed by atoms with Gasteiger partial charge in [0, 0.05) is 37.5 Å². The Labute approximate surface area is 155 Å². The van der Waals surface area contributed by atoms with Gasteiger partial charge >= 0.3 is 5.97 Å². The molecule has 1 aromatic carbocycles. The lowest BCUT2D eigenvalue weighted by Gasteiger charge is -2.17. The first kappa shape index (κ1) is 18.4. The van der Waals surface area contributed by atoms with Crippen LogP contribution in [0.1, 0.15) is 24.8 Å². The fourth-order valence-electron chi connectivity index (χ4n) is 3.16. The molecule has 0 radical (unpaired) electrons. The van der Waals surface area contributed by atoms with Crippen molar-refractivity contribution in [2.75, 3.05) is 19.7 Å². The van der Waals surface area contributed by atoms with E-state index in [4.69, 9.17) is 16.3 Å². The number of hydrogen-bond acceptors (Lipinski definition) is 5. The van der Waals surface area contributed by atoms with Gasteiger partial charge in [-0.05, 0) is 18.1 Å². The summed E-state index contributed by atoms with van der Waals surface area (Å²) in [7, 11) is 0. The van der Waals surface area contributed by atoms with E-state index in [-0.39, 0.29) is 24.8 Å². The topological polar surface area (TPSA) is 84.0 Å². The first-order valence-corrected chi connectivity index (χ1v) is 8.84. The van der Waals surface area contributed by atoms with Crippen molar-refractivity contribution < 1.29 is 23.9 Å². The van der Waals surface area contributed by atoms with Crippen LogP contribution in [-0.2, 0) is 30.5 Å². The molecule has 0 aliphatic carbocycles. The van der Waals surface area contributed by atoms with Crippen LogP contribution in [0.2, 0.25) is 5.02 Å². The number of rotatable bonds is 5. The SMILES string of the molecule is O=C(OCC(=O)N1CCCC1=O)[C@H]1CC(=O)N(Cc2ccccc2Cl)C1. The van der Waals surface area contributed by atoms with E-state index in [9.17, 15) is 19.2 Å². The van der Waals surface area contributed by atoms with Crippen molar-refractivity contribution in [2.45, 2.75) is 25.8 Å². The van der Waals surface area contributed by atoms with Crippen LogP contribution in [0.4, 0.5) is 0 Å². The lowest BCUT2D eigenvalue weighted by molar-refractivity contribution is -0.157. The molecule has 2 aliphatic rings. The number of nitrogens with zero attached hydrogens (tertiary/aromatic N) is 2. The second-order valence-electron chi connectivity index (χ2n) is 6.42. The lowest BCUT2D eigenvalue weighted by Crippen LogP contribution is -2.36. The zero-order valence-corrected chi connectivity index (χ0v) is 14.9. The van der Waals surface area contributed by atoms with Crippen LogP contribution in [0.3, 0.4) is 0 Å². The molecule has 0 bridgehead atoms. The van der Waals surface area contributed by atoms with Crippen LogP contribution >= 0.6 is 11.6 Å². The van der Waals surface area contributed by atoms with Gasteiger partial charge in [-0.15, -0.1) is 0 Å². The molecular weight excluding hydrogens is 360 g/mol. The van der Waals surface area contributed by atoms with Gasteiger partial charge in [0.25, 0.3) is 5.91 Å². The van der Waals surface area contributed by atoms with Crippen LogP contribution < -0.4 is 0 Å². The third kappa shape index (κ3) is 4.04. The summed E-state index contributed by atoms with van der Waals surface area (Å²) >= 11 is 6.11. The molecule has 2 aliphatic heterocycles. The summed E-state index contributed by atoms with van der Waals surface area (Å²) in [5.41, 5.74) is 0.805. The summed E-state index contributed by atoms with van der Waals surface area (Å²) in [6.45, 7) is 0.436. The molecule has 0 aromatic heterocycles. The quantitative estimate of drug-likeness (QED) is 0.723. The van der Waals surface area contributed by atoms with E-state index in [2.05, 4.69) is 0 Å². The largest absolute Gasteiger partial charge is 0.455 e. The Morgan fingerprint density at radius 3 is 2.65 bits per heavy atom. The van der Waals surface area contributed by atoms with Gasteiger partial charge in [0.1, 0.15) is 0 Å². The van der Waals surface area contributed by atoms with Crippen LogP contribution in [0.15, 0.2) is 24.3 Å². The van der Waals surface area contributed by atoms with Crippen LogP contribution in [0.5, 0.6) is 0 Å². The minimum atomic E-state index is -0.618. The fraction of sp³-hybridized carbons (Fsp3) is 0.444. The molecule has 8 heteroatoms. The normalized spacial score (nSPS) is 20.0. The second-order valence-corrected chi connectivity index (χ2v) is 6.82. The van der Waals surface area contributed by atoms with E-state index in [0.717, 1.165) is 10.5 Å². The molecule has 1 atom stereocenters. The maximum atomic E-state index is 12.2. The monoisotopic (exact) mass is 378 g/mol. The third-order valence-electron chi connectivity index (χ3n) is 4.58. The zero-order chi connectivity index (χ0) is 18.7. The number of ether oxygens (including phenoxy) is 1. The molecule has 1 aromatic rings. The first-order chi connectivity index (χ1) is 12.5. The molecule has 0 spiro atoms. The molecule has 2 saturated heterocycles. The molecule has 2 fully saturated rings. The molecule has 26 heavy (non-hydrogen) atoms. The number of likely N-dealkylation sites (tertiary alicyclic amines) is 2. The molecule has 2 heterocycles. The van der Waals surface area contributed by atoms with Gasteiger partial charge in [-0.1, -0.05) is 29.8 Å². The van der Waals surface area contributed by atoms with E-state index in [1.165, 1.54) is 0 Å². The summed E-state index contributed by atoms with van der Waals surface area (Å²) in [4.78, 5) is 50.4. The maximum Gasteiger partial charge on any atom is 0.311 e. The number of imide groups is 1. The van der Waals surface area contributed by atoms with E-state index in [1.54, 1.807) is 17.0 Å². The lowest BCUT2D eigenvalue weighted by atomic mass is 10.1. The molecule has 0 unspecified atom stereocenters. The maximum absolute atomic E-state index is 12.2. The van der Waals surface area contributed by atoms with E-state index in [0.29, 0.717) is 31.0 Å². The number of hydrogen-bond donors (Lipinski definition) is 0. The van der Waals surface area contributed by atoms with Crippen molar-refractivity contribution in [3.05, 3.63) is 34.9 Å². The van der Waals surface area contributed by atoms with Gasteiger partial charge in [-0.3, -0.25) is 24.1 Å². The summed E-state index contributed by atoms with van der Waals surface area (Å²) in [5, 5.41) is 0.562. The highest BCUT2D eigenvalue weighted by Crippen LogP contribution is 2.24. The first-order valence-electron chi connectivity index (χ1n) is 8.46. The fourth-order valence-corrected chi connectivity index (χ4v) is 3.35. The Bertz CT molecular complexity index is 751. The molecule has 0 saturated carbocycles. The Hall–Kier alpha value is -2.41. The van der Waals surface area contributed by atoms with E-state index >= 15 is 0 Å². The van der Waals surface area contributed by atoms with Gasteiger partial charge in [-0.25, -0.2) is 0 Å². The molecule has 3 amide bonds. The van der Waals surface area contributed by atoms with Gasteiger partial charge in [0.2, 0.25) is 11.8 Å². The van der Waals surface area contributed by atoms with E-state index < -0.39 is 24.4 Å². The van der Waals surface area contributed by atoms with E-state index in [1.807, 2.05) is 12.1 Å².